The molecule has 0 aliphatic heterocycles. The van der Waals surface area contributed by atoms with Gasteiger partial charge in [0.25, 0.3) is 0 Å². The van der Waals surface area contributed by atoms with Gasteiger partial charge in [-0.25, -0.2) is 4.98 Å². The van der Waals surface area contributed by atoms with Crippen LogP contribution in [0.1, 0.15) is 15.4 Å². The van der Waals surface area contributed by atoms with Crippen molar-refractivity contribution < 1.29 is 0 Å². The zero-order valence-electron chi connectivity index (χ0n) is 12.4. The van der Waals surface area contributed by atoms with Crippen LogP contribution in [-0.2, 0) is 13.1 Å². The third-order valence-corrected chi connectivity index (χ3v) is 4.80. The van der Waals surface area contributed by atoms with Crippen molar-refractivity contribution in [3.8, 4) is 0 Å². The van der Waals surface area contributed by atoms with Crippen LogP contribution in [0, 0.1) is 6.92 Å². The highest BCUT2D eigenvalue weighted by atomic mass is 127. The van der Waals surface area contributed by atoms with Gasteiger partial charge in [-0.05, 0) is 19.1 Å². The molecule has 8 heteroatoms. The number of aryl methyl sites for hydroxylation is 1. The number of thiophene rings is 1. The van der Waals surface area contributed by atoms with Crippen LogP contribution in [0.4, 0.5) is 0 Å². The topological polar surface area (TPSA) is 53.7 Å². The summed E-state index contributed by atoms with van der Waals surface area (Å²) >= 11 is 3.44. The summed E-state index contributed by atoms with van der Waals surface area (Å²) in [6.07, 6.45) is 4.05. The number of aliphatic imine (C=N–C) groups is 1. The van der Waals surface area contributed by atoms with Crippen molar-refractivity contribution >= 4 is 57.6 Å². The summed E-state index contributed by atoms with van der Waals surface area (Å²) in [6.45, 7) is 3.57. The average molecular weight is 447 g/mol. The summed E-state index contributed by atoms with van der Waals surface area (Å²) < 4.78 is 2.03. The summed E-state index contributed by atoms with van der Waals surface area (Å²) in [5.74, 6) is 0.789. The third kappa shape index (κ3) is 4.20. The molecule has 2 N–H and O–H groups in total. The van der Waals surface area contributed by atoms with E-state index in [1.807, 2.05) is 22.2 Å². The first-order valence-electron chi connectivity index (χ1n) is 6.65. The molecule has 0 atom stereocenters. The lowest BCUT2D eigenvalue weighted by atomic mass is 10.4. The molecule has 3 heterocycles. The van der Waals surface area contributed by atoms with Crippen LogP contribution < -0.4 is 10.6 Å². The Kier molecular flexibility index (Phi) is 6.21. The molecule has 0 fully saturated rings. The molecule has 0 saturated carbocycles. The molecule has 0 saturated heterocycles. The lowest BCUT2D eigenvalue weighted by molar-refractivity contribution is 0.804. The number of nitrogens with one attached hydrogen (secondary N) is 2. The van der Waals surface area contributed by atoms with Crippen molar-refractivity contribution in [2.75, 3.05) is 7.05 Å². The third-order valence-electron chi connectivity index (χ3n) is 3.03. The Bertz CT molecular complexity index is 730. The van der Waals surface area contributed by atoms with E-state index in [1.165, 1.54) is 9.75 Å². The molecule has 0 spiro atoms. The number of hydrogen-bond donors (Lipinski definition) is 2. The molecule has 0 aliphatic rings. The standard InChI is InChI=1S/C14H17N5S2.HI/c1-10-3-4-12(21-10)8-17-13(15-2)16-7-11-9-19-5-6-20-14(19)18-11;/h3-6,9H,7-8H2,1-2H3,(H2,15,16,17);1H. The smallest absolute Gasteiger partial charge is 0.193 e. The van der Waals surface area contributed by atoms with E-state index in [-0.39, 0.29) is 24.0 Å². The largest absolute Gasteiger partial charge is 0.352 e. The Labute approximate surface area is 154 Å². The normalized spacial score (nSPS) is 11.5. The molecule has 3 rings (SSSR count). The summed E-state index contributed by atoms with van der Waals surface area (Å²) in [5, 5.41) is 8.63. The van der Waals surface area contributed by atoms with Gasteiger partial charge in [0.2, 0.25) is 0 Å². The molecule has 0 unspecified atom stereocenters. The second-order valence-corrected chi connectivity index (χ2v) is 6.86. The highest BCUT2D eigenvalue weighted by Crippen LogP contribution is 2.14. The molecule has 118 valence electrons. The van der Waals surface area contributed by atoms with E-state index in [0.29, 0.717) is 6.54 Å². The van der Waals surface area contributed by atoms with E-state index >= 15 is 0 Å². The molecule has 22 heavy (non-hydrogen) atoms. The number of aromatic nitrogens is 2. The Balaban J connectivity index is 0.00000176. The van der Waals surface area contributed by atoms with Gasteiger partial charge in [-0.15, -0.1) is 46.7 Å². The van der Waals surface area contributed by atoms with Crippen LogP contribution in [0.2, 0.25) is 0 Å². The SMILES string of the molecule is CN=C(NCc1cn2ccsc2n1)NCc1ccc(C)s1.I. The zero-order valence-corrected chi connectivity index (χ0v) is 16.3. The van der Waals surface area contributed by atoms with E-state index in [4.69, 9.17) is 0 Å². The number of hydrogen-bond acceptors (Lipinski definition) is 4. The van der Waals surface area contributed by atoms with Crippen molar-refractivity contribution in [1.82, 2.24) is 20.0 Å². The summed E-state index contributed by atoms with van der Waals surface area (Å²) in [6, 6.07) is 4.28. The molecule has 0 bridgehead atoms. The van der Waals surface area contributed by atoms with Gasteiger partial charge >= 0.3 is 0 Å². The van der Waals surface area contributed by atoms with Crippen LogP contribution in [-0.4, -0.2) is 22.4 Å². The first-order chi connectivity index (χ1) is 10.2. The predicted molar refractivity (Wildman–Crippen MR) is 105 cm³/mol. The lowest BCUT2D eigenvalue weighted by Gasteiger charge is -2.09. The van der Waals surface area contributed by atoms with Gasteiger partial charge in [0.15, 0.2) is 10.9 Å². The van der Waals surface area contributed by atoms with Gasteiger partial charge in [0, 0.05) is 34.6 Å². The summed E-state index contributed by atoms with van der Waals surface area (Å²) in [5.41, 5.74) is 1.01. The van der Waals surface area contributed by atoms with Crippen LogP contribution in [0.15, 0.2) is 34.9 Å². The molecule has 3 aromatic rings. The van der Waals surface area contributed by atoms with E-state index in [9.17, 15) is 0 Å². The molecular weight excluding hydrogens is 429 g/mol. The quantitative estimate of drug-likeness (QED) is 0.367. The Morgan fingerprint density at radius 1 is 1.32 bits per heavy atom. The molecule has 0 aliphatic carbocycles. The lowest BCUT2D eigenvalue weighted by Crippen LogP contribution is -2.36. The fourth-order valence-electron chi connectivity index (χ4n) is 2.01. The van der Waals surface area contributed by atoms with Crippen molar-refractivity contribution in [2.45, 2.75) is 20.0 Å². The molecule has 0 radical (unpaired) electrons. The zero-order chi connectivity index (χ0) is 14.7. The van der Waals surface area contributed by atoms with Crippen molar-refractivity contribution in [3.63, 3.8) is 0 Å². The highest BCUT2D eigenvalue weighted by molar-refractivity contribution is 14.0. The second kappa shape index (κ2) is 7.93. The molecule has 0 amide bonds. The monoisotopic (exact) mass is 447 g/mol. The predicted octanol–water partition coefficient (Wildman–Crippen LogP) is 3.25. The van der Waals surface area contributed by atoms with Crippen molar-refractivity contribution in [3.05, 3.63) is 45.4 Å². The van der Waals surface area contributed by atoms with E-state index in [1.54, 1.807) is 29.7 Å². The van der Waals surface area contributed by atoms with Crippen molar-refractivity contribution in [1.29, 1.82) is 0 Å². The maximum absolute atomic E-state index is 4.54. The van der Waals surface area contributed by atoms with Gasteiger partial charge in [0.05, 0.1) is 18.8 Å². The maximum atomic E-state index is 4.54. The first-order valence-corrected chi connectivity index (χ1v) is 8.35. The van der Waals surface area contributed by atoms with E-state index in [2.05, 4.69) is 39.7 Å². The average Bonchev–Trinajstić information content (AvgIpc) is 3.15. The van der Waals surface area contributed by atoms with Crippen molar-refractivity contribution in [2.24, 2.45) is 4.99 Å². The van der Waals surface area contributed by atoms with E-state index in [0.717, 1.165) is 23.2 Å². The number of fused-ring (bicyclic) bond motifs is 1. The number of nitrogens with zero attached hydrogens (tertiary/aromatic N) is 3. The van der Waals surface area contributed by atoms with Crippen LogP contribution in [0.3, 0.4) is 0 Å². The Hall–Kier alpha value is -1.13. The number of guanidine groups is 1. The summed E-state index contributed by atoms with van der Waals surface area (Å²) in [4.78, 5) is 12.4. The van der Waals surface area contributed by atoms with Crippen LogP contribution in [0.5, 0.6) is 0 Å². The second-order valence-electron chi connectivity index (χ2n) is 4.62. The van der Waals surface area contributed by atoms with Gasteiger partial charge in [0.1, 0.15) is 0 Å². The van der Waals surface area contributed by atoms with Gasteiger partial charge < -0.3 is 10.6 Å². The number of rotatable bonds is 4. The summed E-state index contributed by atoms with van der Waals surface area (Å²) in [7, 11) is 1.78. The van der Waals surface area contributed by atoms with E-state index < -0.39 is 0 Å². The molecular formula is C14H18IN5S2. The molecule has 3 aromatic heterocycles. The number of halogens is 1. The van der Waals surface area contributed by atoms with Gasteiger partial charge in [-0.2, -0.15) is 0 Å². The van der Waals surface area contributed by atoms with Crippen LogP contribution >= 0.6 is 46.7 Å². The Morgan fingerprint density at radius 2 is 2.14 bits per heavy atom. The van der Waals surface area contributed by atoms with Gasteiger partial charge in [-0.3, -0.25) is 9.39 Å². The minimum absolute atomic E-state index is 0. The van der Waals surface area contributed by atoms with Gasteiger partial charge in [-0.1, -0.05) is 0 Å². The van der Waals surface area contributed by atoms with Crippen LogP contribution in [0.25, 0.3) is 4.96 Å². The minimum atomic E-state index is 0. The first kappa shape index (κ1) is 17.2. The fraction of sp³-hybridized carbons (Fsp3) is 0.286. The molecule has 5 nitrogen and oxygen atoms in total. The maximum Gasteiger partial charge on any atom is 0.193 e. The minimum Gasteiger partial charge on any atom is -0.352 e. The fourth-order valence-corrected chi connectivity index (χ4v) is 3.56. The number of imidazole rings is 1. The highest BCUT2D eigenvalue weighted by Gasteiger charge is 2.04. The number of thiazole rings is 1. The Morgan fingerprint density at radius 3 is 2.82 bits per heavy atom. The molecule has 0 aromatic carbocycles.